The van der Waals surface area contributed by atoms with E-state index in [0.717, 1.165) is 6.21 Å². The summed E-state index contributed by atoms with van der Waals surface area (Å²) in [7, 11) is 0. The van der Waals surface area contributed by atoms with Crippen LogP contribution in [0.3, 0.4) is 0 Å². The highest BCUT2D eigenvalue weighted by Gasteiger charge is 2.05. The maximum Gasteiger partial charge on any atom is 0.201 e. The number of benzene rings is 1. The van der Waals surface area contributed by atoms with Crippen LogP contribution in [0.15, 0.2) is 38.8 Å². The molecule has 1 N–H and O–H groups in total. The first-order valence-corrected chi connectivity index (χ1v) is 4.48. The van der Waals surface area contributed by atoms with Crippen molar-refractivity contribution in [3.05, 3.63) is 45.3 Å². The van der Waals surface area contributed by atoms with Gasteiger partial charge in [0.2, 0.25) is 5.43 Å². The number of fused-ring (bicyclic) bond motifs is 1. The fourth-order valence-corrected chi connectivity index (χ4v) is 1.43. The molecule has 2 aromatic rings. The predicted octanol–water partition coefficient (Wildman–Crippen LogP) is 2.25. The van der Waals surface area contributed by atoms with Gasteiger partial charge in [-0.1, -0.05) is 16.8 Å². The molecule has 2 rings (SSSR count). The lowest BCUT2D eigenvalue weighted by Gasteiger charge is -1.97. The third-order valence-corrected chi connectivity index (χ3v) is 2.20. The molecule has 0 radical (unpaired) electrons. The lowest BCUT2D eigenvalue weighted by atomic mass is 10.2. The zero-order chi connectivity index (χ0) is 10.8. The summed E-state index contributed by atoms with van der Waals surface area (Å²) in [5.41, 5.74) is 0.334. The summed E-state index contributed by atoms with van der Waals surface area (Å²) >= 11 is 5.74. The van der Waals surface area contributed by atoms with Crippen molar-refractivity contribution in [1.29, 1.82) is 0 Å². The Morgan fingerprint density at radius 2 is 2.27 bits per heavy atom. The van der Waals surface area contributed by atoms with Crippen LogP contribution in [0.1, 0.15) is 5.56 Å². The van der Waals surface area contributed by atoms with Crippen LogP contribution >= 0.6 is 11.6 Å². The molecular formula is C10H6ClNO3. The third kappa shape index (κ3) is 1.71. The highest BCUT2D eigenvalue weighted by molar-refractivity contribution is 6.31. The van der Waals surface area contributed by atoms with Crippen molar-refractivity contribution in [2.75, 3.05) is 0 Å². The summed E-state index contributed by atoms with van der Waals surface area (Å²) in [6.45, 7) is 0. The highest BCUT2D eigenvalue weighted by atomic mass is 35.5. The Hall–Kier alpha value is -1.81. The minimum absolute atomic E-state index is 0.187. The van der Waals surface area contributed by atoms with Crippen LogP contribution in [0.5, 0.6) is 0 Å². The summed E-state index contributed by atoms with van der Waals surface area (Å²) in [5.74, 6) is 0. The lowest BCUT2D eigenvalue weighted by Crippen LogP contribution is -2.07. The number of hydrogen-bond donors (Lipinski definition) is 1. The molecule has 0 unspecified atom stereocenters. The maximum absolute atomic E-state index is 11.7. The number of halogens is 1. The van der Waals surface area contributed by atoms with Crippen LogP contribution in [0.4, 0.5) is 0 Å². The topological polar surface area (TPSA) is 62.8 Å². The van der Waals surface area contributed by atoms with Gasteiger partial charge in [-0.2, -0.15) is 0 Å². The molecule has 5 heteroatoms. The van der Waals surface area contributed by atoms with Crippen molar-refractivity contribution in [3.63, 3.8) is 0 Å². The Morgan fingerprint density at radius 1 is 1.47 bits per heavy atom. The van der Waals surface area contributed by atoms with E-state index in [-0.39, 0.29) is 11.0 Å². The first-order chi connectivity index (χ1) is 7.22. The van der Waals surface area contributed by atoms with Gasteiger partial charge in [-0.3, -0.25) is 4.79 Å². The van der Waals surface area contributed by atoms with Crippen molar-refractivity contribution >= 4 is 28.8 Å². The maximum atomic E-state index is 11.7. The van der Waals surface area contributed by atoms with Crippen LogP contribution in [0, 0.1) is 0 Å². The van der Waals surface area contributed by atoms with E-state index < -0.39 is 0 Å². The number of hydrogen-bond acceptors (Lipinski definition) is 4. The fourth-order valence-electron chi connectivity index (χ4n) is 1.27. The first kappa shape index (κ1) is 9.73. The lowest BCUT2D eigenvalue weighted by molar-refractivity contribution is 0.321. The van der Waals surface area contributed by atoms with Gasteiger partial charge in [0, 0.05) is 11.1 Å². The second-order valence-electron chi connectivity index (χ2n) is 2.91. The molecule has 0 aliphatic carbocycles. The molecular weight excluding hydrogens is 218 g/mol. The number of nitrogens with zero attached hydrogens (tertiary/aromatic N) is 1. The summed E-state index contributed by atoms with van der Waals surface area (Å²) in [5, 5.41) is 12.0. The molecule has 0 atom stereocenters. The van der Waals surface area contributed by atoms with Gasteiger partial charge in [0.1, 0.15) is 11.8 Å². The summed E-state index contributed by atoms with van der Waals surface area (Å²) < 4.78 is 5.17. The van der Waals surface area contributed by atoms with Gasteiger partial charge in [0.05, 0.1) is 17.2 Å². The van der Waals surface area contributed by atoms with Crippen LogP contribution < -0.4 is 5.43 Å². The largest absolute Gasteiger partial charge is 0.463 e. The van der Waals surface area contributed by atoms with Crippen molar-refractivity contribution in [2.24, 2.45) is 5.16 Å². The van der Waals surface area contributed by atoms with Gasteiger partial charge in [-0.25, -0.2) is 0 Å². The van der Waals surface area contributed by atoms with Crippen molar-refractivity contribution in [3.8, 4) is 0 Å². The zero-order valence-corrected chi connectivity index (χ0v) is 8.23. The molecule has 4 nitrogen and oxygen atoms in total. The van der Waals surface area contributed by atoms with E-state index in [1.165, 1.54) is 6.26 Å². The normalized spacial score (nSPS) is 11.3. The summed E-state index contributed by atoms with van der Waals surface area (Å²) in [6, 6.07) is 4.72. The second-order valence-corrected chi connectivity index (χ2v) is 3.34. The van der Waals surface area contributed by atoms with Gasteiger partial charge >= 0.3 is 0 Å². The molecule has 0 bridgehead atoms. The first-order valence-electron chi connectivity index (χ1n) is 4.11. The SMILES string of the molecule is O=c1c(/C=N\O)coc2cc(Cl)ccc12. The fraction of sp³-hybridized carbons (Fsp3) is 0. The van der Waals surface area contributed by atoms with Crippen LogP contribution in [-0.4, -0.2) is 11.4 Å². The molecule has 0 amide bonds. The molecule has 0 saturated heterocycles. The van der Waals surface area contributed by atoms with Crippen molar-refractivity contribution < 1.29 is 9.62 Å². The molecule has 76 valence electrons. The third-order valence-electron chi connectivity index (χ3n) is 1.96. The minimum atomic E-state index is -0.259. The van der Waals surface area contributed by atoms with Crippen LogP contribution in [-0.2, 0) is 0 Å². The Kier molecular flexibility index (Phi) is 2.43. The Labute approximate surface area is 89.4 Å². The molecule has 0 saturated carbocycles. The Balaban J connectivity index is 2.80. The van der Waals surface area contributed by atoms with E-state index in [1.807, 2.05) is 0 Å². The average Bonchev–Trinajstić information content (AvgIpc) is 2.22. The average molecular weight is 224 g/mol. The number of rotatable bonds is 1. The smallest absolute Gasteiger partial charge is 0.201 e. The highest BCUT2D eigenvalue weighted by Crippen LogP contribution is 2.16. The van der Waals surface area contributed by atoms with Crippen LogP contribution in [0.2, 0.25) is 5.02 Å². The molecule has 0 aliphatic heterocycles. The predicted molar refractivity (Wildman–Crippen MR) is 56.9 cm³/mol. The molecule has 1 aromatic heterocycles. The van der Waals surface area contributed by atoms with E-state index in [4.69, 9.17) is 21.2 Å². The quantitative estimate of drug-likeness (QED) is 0.458. The molecule has 0 aliphatic rings. The molecule has 0 fully saturated rings. The van der Waals surface area contributed by atoms with Crippen LogP contribution in [0.25, 0.3) is 11.0 Å². The molecule has 1 heterocycles. The summed E-state index contributed by atoms with van der Waals surface area (Å²) in [6.07, 6.45) is 2.25. The number of oxime groups is 1. The van der Waals surface area contributed by atoms with Gasteiger partial charge < -0.3 is 9.62 Å². The van der Waals surface area contributed by atoms with E-state index in [0.29, 0.717) is 16.0 Å². The van der Waals surface area contributed by atoms with Crippen molar-refractivity contribution in [2.45, 2.75) is 0 Å². The Morgan fingerprint density at radius 3 is 3.00 bits per heavy atom. The van der Waals surface area contributed by atoms with Gasteiger partial charge in [-0.15, -0.1) is 0 Å². The standard InChI is InChI=1S/C10H6ClNO3/c11-7-1-2-8-9(3-7)15-5-6(4-12-14)10(8)13/h1-5,14H/b12-4-. The minimum Gasteiger partial charge on any atom is -0.463 e. The zero-order valence-electron chi connectivity index (χ0n) is 7.48. The summed E-state index contributed by atoms with van der Waals surface area (Å²) in [4.78, 5) is 11.7. The monoisotopic (exact) mass is 223 g/mol. The van der Waals surface area contributed by atoms with Crippen molar-refractivity contribution in [1.82, 2.24) is 0 Å². The van der Waals surface area contributed by atoms with E-state index in [1.54, 1.807) is 18.2 Å². The molecule has 1 aromatic carbocycles. The Bertz CT molecular complexity index is 589. The van der Waals surface area contributed by atoms with Gasteiger partial charge in [0.25, 0.3) is 0 Å². The van der Waals surface area contributed by atoms with Gasteiger partial charge in [0.15, 0.2) is 0 Å². The van der Waals surface area contributed by atoms with E-state index in [2.05, 4.69) is 5.16 Å². The van der Waals surface area contributed by atoms with E-state index in [9.17, 15) is 4.79 Å². The van der Waals surface area contributed by atoms with Gasteiger partial charge in [-0.05, 0) is 12.1 Å². The molecule has 15 heavy (non-hydrogen) atoms. The second kappa shape index (κ2) is 3.74. The van der Waals surface area contributed by atoms with E-state index >= 15 is 0 Å². The molecule has 0 spiro atoms.